The fourth-order valence-corrected chi connectivity index (χ4v) is 7.57. The molecule has 1 unspecified atom stereocenters. The van der Waals surface area contributed by atoms with Gasteiger partial charge in [-0.1, -0.05) is 115 Å². The molecule has 0 saturated heterocycles. The fourth-order valence-electron chi connectivity index (χ4n) is 5.63. The highest BCUT2D eigenvalue weighted by atomic mass is 35.5. The van der Waals surface area contributed by atoms with E-state index >= 15 is 0 Å². The molecule has 1 aliphatic rings. The Morgan fingerprint density at radius 1 is 0.778 bits per heavy atom. The zero-order valence-electron chi connectivity index (χ0n) is 24.7. The van der Waals surface area contributed by atoms with Gasteiger partial charge < -0.3 is 10.2 Å². The Hall–Kier alpha value is -3.85. The smallest absolute Gasteiger partial charge is 0.264 e. The van der Waals surface area contributed by atoms with Gasteiger partial charge in [-0.15, -0.1) is 0 Å². The lowest BCUT2D eigenvalue weighted by Gasteiger charge is -2.34. The molecule has 0 spiro atoms. The summed E-state index contributed by atoms with van der Waals surface area (Å²) in [5, 5.41) is 3.62. The van der Waals surface area contributed by atoms with Crippen LogP contribution < -0.4 is 9.62 Å². The summed E-state index contributed by atoms with van der Waals surface area (Å²) < 4.78 is 29.2. The van der Waals surface area contributed by atoms with E-state index in [1.807, 2.05) is 60.7 Å². The molecule has 10 heteroatoms. The van der Waals surface area contributed by atoms with Crippen LogP contribution in [0.2, 0.25) is 10.0 Å². The number of nitrogens with zero attached hydrogens (tertiary/aromatic N) is 2. The molecule has 0 aromatic heterocycles. The van der Waals surface area contributed by atoms with Gasteiger partial charge in [0.1, 0.15) is 12.6 Å². The van der Waals surface area contributed by atoms with Crippen LogP contribution >= 0.6 is 23.2 Å². The molecule has 45 heavy (non-hydrogen) atoms. The first kappa shape index (κ1) is 32.5. The lowest BCUT2D eigenvalue weighted by molar-refractivity contribution is -0.140. The van der Waals surface area contributed by atoms with Gasteiger partial charge in [-0.25, -0.2) is 8.42 Å². The number of anilines is 1. The maximum Gasteiger partial charge on any atom is 0.264 e. The molecule has 234 valence electrons. The normalized spacial score (nSPS) is 14.1. The van der Waals surface area contributed by atoms with Gasteiger partial charge in [-0.3, -0.25) is 13.9 Å². The molecule has 1 N–H and O–H groups in total. The molecule has 0 aliphatic heterocycles. The highest BCUT2D eigenvalue weighted by molar-refractivity contribution is 7.92. The summed E-state index contributed by atoms with van der Waals surface area (Å²) in [5.74, 6) is -0.810. The number of hydrogen-bond acceptors (Lipinski definition) is 4. The van der Waals surface area contributed by atoms with Crippen molar-refractivity contribution >= 4 is 50.7 Å². The van der Waals surface area contributed by atoms with E-state index in [-0.39, 0.29) is 45.5 Å². The van der Waals surface area contributed by atoms with E-state index in [1.54, 1.807) is 18.2 Å². The largest absolute Gasteiger partial charge is 0.352 e. The minimum Gasteiger partial charge on any atom is -0.352 e. The van der Waals surface area contributed by atoms with E-state index in [2.05, 4.69) is 5.32 Å². The van der Waals surface area contributed by atoms with Gasteiger partial charge in [0, 0.05) is 29.1 Å². The van der Waals surface area contributed by atoms with E-state index in [1.165, 1.54) is 35.2 Å². The van der Waals surface area contributed by atoms with Gasteiger partial charge >= 0.3 is 0 Å². The number of amides is 2. The quantitative estimate of drug-likeness (QED) is 0.179. The molecule has 4 aromatic carbocycles. The second-order valence-electron chi connectivity index (χ2n) is 11.2. The van der Waals surface area contributed by atoms with Crippen LogP contribution in [0, 0.1) is 0 Å². The number of benzene rings is 4. The molecular weight excluding hydrogens is 629 g/mol. The molecule has 4 aromatic rings. The Bertz CT molecular complexity index is 1680. The van der Waals surface area contributed by atoms with Crippen molar-refractivity contribution in [2.45, 2.75) is 55.6 Å². The third-order valence-corrected chi connectivity index (χ3v) is 10.1. The molecular formula is C35H35Cl2N3O4S. The van der Waals surface area contributed by atoms with Crippen LogP contribution in [0.25, 0.3) is 0 Å². The number of halogens is 2. The van der Waals surface area contributed by atoms with Crippen LogP contribution in [0.3, 0.4) is 0 Å². The highest BCUT2D eigenvalue weighted by Crippen LogP contribution is 2.30. The highest BCUT2D eigenvalue weighted by Gasteiger charge is 2.35. The van der Waals surface area contributed by atoms with Crippen LogP contribution in [0.5, 0.6) is 0 Å². The first-order valence-electron chi connectivity index (χ1n) is 14.9. The van der Waals surface area contributed by atoms with Crippen LogP contribution in [0.4, 0.5) is 5.69 Å². The summed E-state index contributed by atoms with van der Waals surface area (Å²) in [6.45, 7) is -0.479. The second kappa shape index (κ2) is 15.0. The van der Waals surface area contributed by atoms with Gasteiger partial charge in [0.2, 0.25) is 11.8 Å². The van der Waals surface area contributed by atoms with E-state index in [0.717, 1.165) is 41.1 Å². The molecule has 0 radical (unpaired) electrons. The first-order valence-corrected chi connectivity index (χ1v) is 17.1. The lowest BCUT2D eigenvalue weighted by atomic mass is 10.0. The number of nitrogens with one attached hydrogen (secondary N) is 1. The van der Waals surface area contributed by atoms with Gasteiger partial charge in [0.25, 0.3) is 10.0 Å². The Labute approximate surface area is 274 Å². The molecule has 1 atom stereocenters. The minimum atomic E-state index is -4.24. The van der Waals surface area contributed by atoms with Crippen molar-refractivity contribution in [2.24, 2.45) is 0 Å². The number of hydrogen-bond donors (Lipinski definition) is 1. The second-order valence-corrected chi connectivity index (χ2v) is 13.9. The summed E-state index contributed by atoms with van der Waals surface area (Å²) in [6.07, 6.45) is 4.10. The Morgan fingerprint density at radius 2 is 1.31 bits per heavy atom. The van der Waals surface area contributed by atoms with Crippen molar-refractivity contribution in [2.75, 3.05) is 10.8 Å². The third kappa shape index (κ3) is 8.45. The Balaban J connectivity index is 1.56. The third-order valence-electron chi connectivity index (χ3n) is 7.91. The Kier molecular flexibility index (Phi) is 10.8. The zero-order valence-corrected chi connectivity index (χ0v) is 27.0. The minimum absolute atomic E-state index is 0.00307. The van der Waals surface area contributed by atoms with E-state index in [4.69, 9.17) is 23.2 Å². The average molecular weight is 665 g/mol. The van der Waals surface area contributed by atoms with Gasteiger partial charge in [-0.2, -0.15) is 0 Å². The maximum atomic E-state index is 14.5. The number of carbonyl (C=O) groups excluding carboxylic acids is 2. The van der Waals surface area contributed by atoms with E-state index < -0.39 is 28.5 Å². The standard InChI is InChI=1S/C35H35Cl2N3O4S/c36-28-21-29(37)23-31(22-28)40(45(43,44)32-18-8-3-9-19-32)25-34(41)39(24-27-14-6-2-7-15-27)33(20-26-12-4-1-5-13-26)35(42)38-30-16-10-11-17-30/h1-9,12-15,18-19,21-23,30,33H,10-11,16-17,20,24-25H2,(H,38,42). The average Bonchev–Trinajstić information content (AvgIpc) is 3.55. The van der Waals surface area contributed by atoms with Gasteiger partial charge in [-0.05, 0) is 54.3 Å². The summed E-state index contributed by atoms with van der Waals surface area (Å²) in [6, 6.07) is 30.3. The van der Waals surface area contributed by atoms with Crippen molar-refractivity contribution in [1.29, 1.82) is 0 Å². The number of rotatable bonds is 12. The van der Waals surface area contributed by atoms with Crippen molar-refractivity contribution in [1.82, 2.24) is 10.2 Å². The van der Waals surface area contributed by atoms with E-state index in [0.29, 0.717) is 0 Å². The Morgan fingerprint density at radius 3 is 1.89 bits per heavy atom. The van der Waals surface area contributed by atoms with Crippen molar-refractivity contribution < 1.29 is 18.0 Å². The molecule has 0 bridgehead atoms. The van der Waals surface area contributed by atoms with Crippen LogP contribution in [0.1, 0.15) is 36.8 Å². The van der Waals surface area contributed by atoms with Crippen LogP contribution in [0.15, 0.2) is 114 Å². The molecule has 1 saturated carbocycles. The van der Waals surface area contributed by atoms with Crippen LogP contribution in [-0.2, 0) is 32.6 Å². The van der Waals surface area contributed by atoms with E-state index in [9.17, 15) is 18.0 Å². The predicted molar refractivity (Wildman–Crippen MR) is 179 cm³/mol. The molecule has 1 fully saturated rings. The van der Waals surface area contributed by atoms with Gasteiger partial charge in [0.05, 0.1) is 10.6 Å². The SMILES string of the molecule is O=C(NC1CCCC1)C(Cc1ccccc1)N(Cc1ccccc1)C(=O)CN(c1cc(Cl)cc(Cl)c1)S(=O)(=O)c1ccccc1. The van der Waals surface area contributed by atoms with Crippen molar-refractivity contribution in [3.05, 3.63) is 130 Å². The molecule has 1 aliphatic carbocycles. The fraction of sp³-hybridized carbons (Fsp3) is 0.257. The topological polar surface area (TPSA) is 86.8 Å². The zero-order chi connectivity index (χ0) is 31.8. The summed E-state index contributed by atoms with van der Waals surface area (Å²) in [5.41, 5.74) is 1.82. The molecule has 0 heterocycles. The van der Waals surface area contributed by atoms with Crippen LogP contribution in [-0.4, -0.2) is 43.8 Å². The number of sulfonamides is 1. The number of carbonyl (C=O) groups is 2. The molecule has 5 rings (SSSR count). The van der Waals surface area contributed by atoms with Crippen molar-refractivity contribution in [3.63, 3.8) is 0 Å². The summed E-state index contributed by atoms with van der Waals surface area (Å²) in [4.78, 5) is 30.1. The summed E-state index contributed by atoms with van der Waals surface area (Å²) in [7, 11) is -4.24. The molecule has 7 nitrogen and oxygen atoms in total. The summed E-state index contributed by atoms with van der Waals surface area (Å²) >= 11 is 12.6. The lowest BCUT2D eigenvalue weighted by Crippen LogP contribution is -2.54. The monoisotopic (exact) mass is 663 g/mol. The van der Waals surface area contributed by atoms with Crippen molar-refractivity contribution in [3.8, 4) is 0 Å². The maximum absolute atomic E-state index is 14.5. The first-order chi connectivity index (χ1) is 21.7. The molecule has 2 amide bonds. The predicted octanol–water partition coefficient (Wildman–Crippen LogP) is 6.89. The van der Waals surface area contributed by atoms with Gasteiger partial charge in [0.15, 0.2) is 0 Å².